The summed E-state index contributed by atoms with van der Waals surface area (Å²) in [6, 6.07) is 10.4. The standard InChI is InChI=1S/C17H17FN2O4S/c1-19-25(22,23)14-4-2-3-11(7-14)10-20-17(21)16-9-12-8-13(18)5-6-15(12)24-16/h2-8,16,19H,9-10H2,1H3,(H,20,21). The average Bonchev–Trinajstić information content (AvgIpc) is 3.03. The van der Waals surface area contributed by atoms with Crippen molar-refractivity contribution in [1.29, 1.82) is 0 Å². The van der Waals surface area contributed by atoms with E-state index in [0.29, 0.717) is 23.3 Å². The lowest BCUT2D eigenvalue weighted by Gasteiger charge is -2.12. The summed E-state index contributed by atoms with van der Waals surface area (Å²) < 4.78 is 44.6. The summed E-state index contributed by atoms with van der Waals surface area (Å²) in [7, 11) is -2.20. The van der Waals surface area contributed by atoms with Gasteiger partial charge in [-0.25, -0.2) is 17.5 Å². The van der Waals surface area contributed by atoms with E-state index in [4.69, 9.17) is 4.74 Å². The second-order valence-corrected chi connectivity index (χ2v) is 7.52. The third-order valence-electron chi connectivity index (χ3n) is 3.93. The molecular weight excluding hydrogens is 347 g/mol. The van der Waals surface area contributed by atoms with E-state index < -0.39 is 16.1 Å². The zero-order valence-corrected chi connectivity index (χ0v) is 14.3. The number of benzene rings is 2. The first-order valence-electron chi connectivity index (χ1n) is 7.64. The lowest BCUT2D eigenvalue weighted by atomic mass is 10.1. The van der Waals surface area contributed by atoms with Crippen LogP contribution in [0.25, 0.3) is 0 Å². The molecule has 3 rings (SSSR count). The Labute approximate surface area is 145 Å². The first-order chi connectivity index (χ1) is 11.9. The molecule has 2 N–H and O–H groups in total. The Hall–Kier alpha value is -2.45. The maximum Gasteiger partial charge on any atom is 0.261 e. The number of carbonyl (C=O) groups is 1. The maximum atomic E-state index is 13.2. The minimum Gasteiger partial charge on any atom is -0.480 e. The molecule has 0 radical (unpaired) electrons. The number of carbonyl (C=O) groups excluding carboxylic acids is 1. The topological polar surface area (TPSA) is 84.5 Å². The van der Waals surface area contributed by atoms with Gasteiger partial charge in [0.05, 0.1) is 4.90 Å². The molecule has 0 saturated heterocycles. The molecule has 0 aromatic heterocycles. The molecule has 0 fully saturated rings. The number of amides is 1. The molecule has 1 heterocycles. The van der Waals surface area contributed by atoms with Gasteiger partial charge in [0, 0.05) is 18.5 Å². The van der Waals surface area contributed by atoms with Crippen LogP contribution in [0.5, 0.6) is 5.75 Å². The molecule has 2 aromatic rings. The Morgan fingerprint density at radius 1 is 1.28 bits per heavy atom. The summed E-state index contributed by atoms with van der Waals surface area (Å²) in [5.41, 5.74) is 1.30. The molecule has 0 saturated carbocycles. The van der Waals surface area contributed by atoms with Crippen LogP contribution in [0.15, 0.2) is 47.4 Å². The Balaban J connectivity index is 1.63. The zero-order valence-electron chi connectivity index (χ0n) is 13.5. The Kier molecular flexibility index (Phi) is 4.73. The van der Waals surface area contributed by atoms with Gasteiger partial charge in [0.15, 0.2) is 6.10 Å². The molecule has 1 aliphatic heterocycles. The fourth-order valence-corrected chi connectivity index (χ4v) is 3.41. The molecule has 0 bridgehead atoms. The SMILES string of the molecule is CNS(=O)(=O)c1cccc(CNC(=O)C2Cc3cc(F)ccc3O2)c1. The number of ether oxygens (including phenoxy) is 1. The van der Waals surface area contributed by atoms with E-state index in [9.17, 15) is 17.6 Å². The molecule has 0 aliphatic carbocycles. The van der Waals surface area contributed by atoms with Crippen LogP contribution in [0.1, 0.15) is 11.1 Å². The molecular formula is C17H17FN2O4S. The van der Waals surface area contributed by atoms with E-state index in [2.05, 4.69) is 10.0 Å². The number of hydrogen-bond acceptors (Lipinski definition) is 4. The minimum atomic E-state index is -3.54. The second-order valence-electron chi connectivity index (χ2n) is 5.64. The Morgan fingerprint density at radius 3 is 2.84 bits per heavy atom. The molecule has 6 nitrogen and oxygen atoms in total. The highest BCUT2D eigenvalue weighted by Gasteiger charge is 2.29. The van der Waals surface area contributed by atoms with Gasteiger partial charge in [0.1, 0.15) is 11.6 Å². The number of hydrogen-bond donors (Lipinski definition) is 2. The molecule has 8 heteroatoms. The van der Waals surface area contributed by atoms with E-state index >= 15 is 0 Å². The normalized spacial score (nSPS) is 16.2. The number of fused-ring (bicyclic) bond motifs is 1. The third kappa shape index (κ3) is 3.80. The van der Waals surface area contributed by atoms with Crippen molar-refractivity contribution in [2.45, 2.75) is 24.0 Å². The summed E-state index contributed by atoms with van der Waals surface area (Å²) in [5, 5.41) is 2.71. The fraction of sp³-hybridized carbons (Fsp3) is 0.235. The first-order valence-corrected chi connectivity index (χ1v) is 9.12. The van der Waals surface area contributed by atoms with Crippen molar-refractivity contribution in [1.82, 2.24) is 10.0 Å². The molecule has 0 spiro atoms. The van der Waals surface area contributed by atoms with Gasteiger partial charge in [-0.15, -0.1) is 0 Å². The Morgan fingerprint density at radius 2 is 2.08 bits per heavy atom. The zero-order chi connectivity index (χ0) is 18.0. The van der Waals surface area contributed by atoms with Crippen LogP contribution >= 0.6 is 0 Å². The number of halogens is 1. The summed E-state index contributed by atoms with van der Waals surface area (Å²) in [5.74, 6) is -0.201. The van der Waals surface area contributed by atoms with Crippen molar-refractivity contribution in [3.05, 3.63) is 59.4 Å². The minimum absolute atomic E-state index is 0.127. The lowest BCUT2D eigenvalue weighted by molar-refractivity contribution is -0.127. The van der Waals surface area contributed by atoms with E-state index in [1.807, 2.05) is 0 Å². The summed E-state index contributed by atoms with van der Waals surface area (Å²) in [6.07, 6.45) is -0.423. The molecule has 2 aromatic carbocycles. The van der Waals surface area contributed by atoms with Crippen LogP contribution < -0.4 is 14.8 Å². The van der Waals surface area contributed by atoms with Gasteiger partial charge in [-0.1, -0.05) is 12.1 Å². The van der Waals surface area contributed by atoms with Crippen LogP contribution in [-0.4, -0.2) is 27.5 Å². The van der Waals surface area contributed by atoms with Crippen molar-refractivity contribution in [2.75, 3.05) is 7.05 Å². The van der Waals surface area contributed by atoms with Crippen molar-refractivity contribution < 1.29 is 22.3 Å². The van der Waals surface area contributed by atoms with Crippen molar-refractivity contribution in [3.63, 3.8) is 0 Å². The highest BCUT2D eigenvalue weighted by molar-refractivity contribution is 7.89. The summed E-state index contributed by atoms with van der Waals surface area (Å²) in [6.45, 7) is 0.163. The van der Waals surface area contributed by atoms with Gasteiger partial charge in [0.2, 0.25) is 10.0 Å². The van der Waals surface area contributed by atoms with Gasteiger partial charge in [-0.2, -0.15) is 0 Å². The van der Waals surface area contributed by atoms with Gasteiger partial charge in [0.25, 0.3) is 5.91 Å². The summed E-state index contributed by atoms with van der Waals surface area (Å²) in [4.78, 5) is 12.4. The third-order valence-corrected chi connectivity index (χ3v) is 5.35. The predicted molar refractivity (Wildman–Crippen MR) is 89.1 cm³/mol. The highest BCUT2D eigenvalue weighted by Crippen LogP contribution is 2.29. The number of nitrogens with one attached hydrogen (secondary N) is 2. The number of sulfonamides is 1. The predicted octanol–water partition coefficient (Wildman–Crippen LogP) is 1.35. The van der Waals surface area contributed by atoms with Crippen LogP contribution in [-0.2, 0) is 27.8 Å². The maximum absolute atomic E-state index is 13.2. The van der Waals surface area contributed by atoms with Crippen molar-refractivity contribution >= 4 is 15.9 Å². The highest BCUT2D eigenvalue weighted by atomic mass is 32.2. The average molecular weight is 364 g/mol. The lowest BCUT2D eigenvalue weighted by Crippen LogP contribution is -2.37. The Bertz CT molecular complexity index is 915. The van der Waals surface area contributed by atoms with Gasteiger partial charge in [-0.3, -0.25) is 4.79 Å². The van der Waals surface area contributed by atoms with Crippen LogP contribution in [0.3, 0.4) is 0 Å². The van der Waals surface area contributed by atoms with Crippen molar-refractivity contribution in [2.24, 2.45) is 0 Å². The molecule has 1 aliphatic rings. The largest absolute Gasteiger partial charge is 0.480 e. The van der Waals surface area contributed by atoms with E-state index in [-0.39, 0.29) is 23.2 Å². The summed E-state index contributed by atoms with van der Waals surface area (Å²) >= 11 is 0. The van der Waals surface area contributed by atoms with Crippen LogP contribution in [0.4, 0.5) is 4.39 Å². The van der Waals surface area contributed by atoms with E-state index in [1.165, 1.54) is 37.4 Å². The smallest absolute Gasteiger partial charge is 0.261 e. The van der Waals surface area contributed by atoms with Gasteiger partial charge in [-0.05, 0) is 42.9 Å². The van der Waals surface area contributed by atoms with Crippen LogP contribution in [0.2, 0.25) is 0 Å². The van der Waals surface area contributed by atoms with Gasteiger partial charge < -0.3 is 10.1 Å². The quantitative estimate of drug-likeness (QED) is 0.839. The molecule has 1 atom stereocenters. The first kappa shape index (κ1) is 17.4. The monoisotopic (exact) mass is 364 g/mol. The van der Waals surface area contributed by atoms with Gasteiger partial charge >= 0.3 is 0 Å². The van der Waals surface area contributed by atoms with E-state index in [0.717, 1.165) is 0 Å². The second kappa shape index (κ2) is 6.81. The molecule has 1 unspecified atom stereocenters. The van der Waals surface area contributed by atoms with E-state index in [1.54, 1.807) is 12.1 Å². The molecule has 132 valence electrons. The van der Waals surface area contributed by atoms with Crippen LogP contribution in [0, 0.1) is 5.82 Å². The number of rotatable bonds is 5. The molecule has 25 heavy (non-hydrogen) atoms. The fourth-order valence-electron chi connectivity index (χ4n) is 2.61. The van der Waals surface area contributed by atoms with Crippen molar-refractivity contribution in [3.8, 4) is 5.75 Å². The molecule has 1 amide bonds.